The van der Waals surface area contributed by atoms with Crippen molar-refractivity contribution in [2.24, 2.45) is 5.92 Å². The van der Waals surface area contributed by atoms with Crippen LogP contribution in [0, 0.1) is 5.92 Å². The number of allylic oxidation sites excluding steroid dienone is 2. The molecule has 0 fully saturated rings. The Balaban J connectivity index is -0.000000376. The van der Waals surface area contributed by atoms with Crippen LogP contribution in [0.2, 0.25) is 0 Å². The Morgan fingerprint density at radius 1 is 1.19 bits per heavy atom. The maximum atomic E-state index is 10.6. The lowest BCUT2D eigenvalue weighted by Gasteiger charge is -2.01. The molecule has 0 aromatic carbocycles. The minimum absolute atomic E-state index is 0.280. The maximum Gasteiger partial charge on any atom is 0.130 e. The van der Waals surface area contributed by atoms with Gasteiger partial charge in [0.2, 0.25) is 0 Å². The second-order valence-electron chi connectivity index (χ2n) is 3.43. The molecule has 0 aromatic heterocycles. The van der Waals surface area contributed by atoms with Gasteiger partial charge in [-0.3, -0.25) is 0 Å². The lowest BCUT2D eigenvalue weighted by molar-refractivity contribution is -0.116. The largest absolute Gasteiger partial charge is 0.300 e. The molecule has 0 saturated carbocycles. The van der Waals surface area contributed by atoms with Gasteiger partial charge in [-0.15, -0.1) is 0 Å². The molecule has 0 aliphatic carbocycles. The van der Waals surface area contributed by atoms with Gasteiger partial charge in [0, 0.05) is 6.42 Å². The lowest BCUT2D eigenvalue weighted by Crippen LogP contribution is -1.89. The zero-order chi connectivity index (χ0) is 13.4. The molecule has 1 nitrogen and oxygen atoms in total. The van der Waals surface area contributed by atoms with Crippen molar-refractivity contribution < 1.29 is 4.79 Å². The highest BCUT2D eigenvalue weighted by molar-refractivity contribution is 5.75. The SMILES string of the molecule is CC.CC.CCCC(C)/C=C/CCC(C)=O. The van der Waals surface area contributed by atoms with Crippen molar-refractivity contribution in [1.82, 2.24) is 0 Å². The van der Waals surface area contributed by atoms with Crippen LogP contribution in [-0.4, -0.2) is 5.78 Å². The molecular formula is C15H32O. The Bertz CT molecular complexity index is 148. The zero-order valence-electron chi connectivity index (χ0n) is 12.5. The van der Waals surface area contributed by atoms with Crippen molar-refractivity contribution in [3.05, 3.63) is 12.2 Å². The van der Waals surface area contributed by atoms with Gasteiger partial charge in [-0.25, -0.2) is 0 Å². The number of hydrogen-bond acceptors (Lipinski definition) is 1. The molecule has 0 heterocycles. The monoisotopic (exact) mass is 228 g/mol. The van der Waals surface area contributed by atoms with E-state index in [1.807, 2.05) is 27.7 Å². The van der Waals surface area contributed by atoms with E-state index in [1.54, 1.807) is 6.92 Å². The molecule has 1 heteroatoms. The molecule has 0 rings (SSSR count). The molecule has 0 aromatic rings. The van der Waals surface area contributed by atoms with Crippen LogP contribution in [0.15, 0.2) is 12.2 Å². The summed E-state index contributed by atoms with van der Waals surface area (Å²) in [6.45, 7) is 14.1. The van der Waals surface area contributed by atoms with Crippen molar-refractivity contribution >= 4 is 5.78 Å². The zero-order valence-corrected chi connectivity index (χ0v) is 12.5. The Morgan fingerprint density at radius 2 is 1.69 bits per heavy atom. The van der Waals surface area contributed by atoms with E-state index < -0.39 is 0 Å². The van der Waals surface area contributed by atoms with E-state index in [0.29, 0.717) is 12.3 Å². The normalized spacial score (nSPS) is 10.9. The summed E-state index contributed by atoms with van der Waals surface area (Å²) in [6.07, 6.45) is 8.42. The molecule has 0 spiro atoms. The smallest absolute Gasteiger partial charge is 0.130 e. The fourth-order valence-corrected chi connectivity index (χ4v) is 1.17. The summed E-state index contributed by atoms with van der Waals surface area (Å²) >= 11 is 0. The van der Waals surface area contributed by atoms with Gasteiger partial charge in [-0.05, 0) is 25.7 Å². The average molecular weight is 228 g/mol. The number of hydrogen-bond donors (Lipinski definition) is 0. The molecule has 1 unspecified atom stereocenters. The molecule has 0 saturated heterocycles. The molecule has 98 valence electrons. The van der Waals surface area contributed by atoms with Gasteiger partial charge in [0.1, 0.15) is 5.78 Å². The highest BCUT2D eigenvalue weighted by Crippen LogP contribution is 2.07. The minimum Gasteiger partial charge on any atom is -0.300 e. The molecule has 1 atom stereocenters. The Hall–Kier alpha value is -0.590. The Labute approximate surface area is 103 Å². The number of rotatable bonds is 6. The quantitative estimate of drug-likeness (QED) is 0.556. The summed E-state index contributed by atoms with van der Waals surface area (Å²) in [5.74, 6) is 0.949. The van der Waals surface area contributed by atoms with Crippen LogP contribution in [0.4, 0.5) is 0 Å². The predicted molar refractivity (Wildman–Crippen MR) is 75.8 cm³/mol. The number of ketones is 1. The summed E-state index contributed by atoms with van der Waals surface area (Å²) < 4.78 is 0. The Kier molecular flexibility index (Phi) is 25.8. The molecule has 0 N–H and O–H groups in total. The van der Waals surface area contributed by atoms with E-state index in [2.05, 4.69) is 26.0 Å². The van der Waals surface area contributed by atoms with Crippen molar-refractivity contribution in [3.8, 4) is 0 Å². The first-order chi connectivity index (χ1) is 7.66. The fourth-order valence-electron chi connectivity index (χ4n) is 1.17. The third-order valence-corrected chi connectivity index (χ3v) is 1.87. The highest BCUT2D eigenvalue weighted by atomic mass is 16.1. The number of Topliss-reactive ketones (excluding diaryl/α,β-unsaturated/α-hetero) is 1. The van der Waals surface area contributed by atoms with Gasteiger partial charge >= 0.3 is 0 Å². The molecule has 16 heavy (non-hydrogen) atoms. The lowest BCUT2D eigenvalue weighted by atomic mass is 10.1. The summed E-state index contributed by atoms with van der Waals surface area (Å²) in [5, 5.41) is 0. The molecule has 0 amide bonds. The second kappa shape index (κ2) is 19.9. The summed E-state index contributed by atoms with van der Waals surface area (Å²) in [6, 6.07) is 0. The second-order valence-corrected chi connectivity index (χ2v) is 3.43. The van der Waals surface area contributed by atoms with Crippen molar-refractivity contribution in [2.75, 3.05) is 0 Å². The van der Waals surface area contributed by atoms with Crippen LogP contribution in [0.5, 0.6) is 0 Å². The fraction of sp³-hybridized carbons (Fsp3) is 0.800. The molecule has 0 aliphatic heterocycles. The van der Waals surface area contributed by atoms with Crippen LogP contribution in [0.3, 0.4) is 0 Å². The summed E-state index contributed by atoms with van der Waals surface area (Å²) in [7, 11) is 0. The first-order valence-electron chi connectivity index (χ1n) is 6.83. The third-order valence-electron chi connectivity index (χ3n) is 1.87. The number of carbonyl (C=O) groups excluding carboxylic acids is 1. The van der Waals surface area contributed by atoms with Gasteiger partial charge in [-0.1, -0.05) is 60.1 Å². The highest BCUT2D eigenvalue weighted by Gasteiger charge is 1.93. The third kappa shape index (κ3) is 23.3. The van der Waals surface area contributed by atoms with Gasteiger partial charge < -0.3 is 4.79 Å². The van der Waals surface area contributed by atoms with Gasteiger partial charge in [0.05, 0.1) is 0 Å². The van der Waals surface area contributed by atoms with Crippen LogP contribution in [0.25, 0.3) is 0 Å². The molecule has 0 aliphatic rings. The average Bonchev–Trinajstić information content (AvgIpc) is 2.30. The van der Waals surface area contributed by atoms with E-state index in [1.165, 1.54) is 12.8 Å². The van der Waals surface area contributed by atoms with Gasteiger partial charge in [0.25, 0.3) is 0 Å². The summed E-state index contributed by atoms with van der Waals surface area (Å²) in [5.41, 5.74) is 0. The molecule has 0 radical (unpaired) electrons. The standard InChI is InChI=1S/C11H20O.2C2H6/c1-4-7-10(2)8-5-6-9-11(3)12;2*1-2/h5,8,10H,4,6-7,9H2,1-3H3;2*1-2H3/b8-5+;;. The summed E-state index contributed by atoms with van der Waals surface area (Å²) in [4.78, 5) is 10.6. The van der Waals surface area contributed by atoms with Gasteiger partial charge in [0.15, 0.2) is 0 Å². The van der Waals surface area contributed by atoms with Crippen LogP contribution in [0.1, 0.15) is 74.1 Å². The minimum atomic E-state index is 0.280. The van der Waals surface area contributed by atoms with Gasteiger partial charge in [-0.2, -0.15) is 0 Å². The molecular weight excluding hydrogens is 196 g/mol. The Morgan fingerprint density at radius 3 is 2.06 bits per heavy atom. The molecule has 0 bridgehead atoms. The van der Waals surface area contributed by atoms with Crippen LogP contribution >= 0.6 is 0 Å². The van der Waals surface area contributed by atoms with E-state index >= 15 is 0 Å². The number of carbonyl (C=O) groups is 1. The van der Waals surface area contributed by atoms with Crippen LogP contribution in [-0.2, 0) is 4.79 Å². The maximum absolute atomic E-state index is 10.6. The first-order valence-corrected chi connectivity index (χ1v) is 6.83. The van der Waals surface area contributed by atoms with Crippen LogP contribution < -0.4 is 0 Å². The van der Waals surface area contributed by atoms with E-state index in [-0.39, 0.29) is 5.78 Å². The first kappa shape index (κ1) is 20.8. The van der Waals surface area contributed by atoms with E-state index in [9.17, 15) is 4.79 Å². The topological polar surface area (TPSA) is 17.1 Å². The van der Waals surface area contributed by atoms with E-state index in [0.717, 1.165) is 6.42 Å². The van der Waals surface area contributed by atoms with Crippen molar-refractivity contribution in [3.63, 3.8) is 0 Å². The van der Waals surface area contributed by atoms with E-state index in [4.69, 9.17) is 0 Å². The predicted octanol–water partition coefficient (Wildman–Crippen LogP) is 5.40. The van der Waals surface area contributed by atoms with Crippen molar-refractivity contribution in [1.29, 1.82) is 0 Å². The van der Waals surface area contributed by atoms with Crippen molar-refractivity contribution in [2.45, 2.75) is 74.1 Å².